The van der Waals surface area contributed by atoms with E-state index < -0.39 is 15.6 Å². The second-order valence-electron chi connectivity index (χ2n) is 5.41. The molecule has 2 rings (SSSR count). The zero-order valence-electron chi connectivity index (χ0n) is 11.9. The first kappa shape index (κ1) is 17.2. The van der Waals surface area contributed by atoms with Gasteiger partial charge in [0.1, 0.15) is 4.90 Å². The molecule has 21 heavy (non-hydrogen) atoms. The van der Waals surface area contributed by atoms with Crippen LogP contribution in [0.5, 0.6) is 0 Å². The van der Waals surface area contributed by atoms with Gasteiger partial charge in [-0.2, -0.15) is 4.31 Å². The van der Waals surface area contributed by atoms with Crippen LogP contribution in [0.2, 0.25) is 0 Å². The van der Waals surface area contributed by atoms with Gasteiger partial charge in [0.05, 0.1) is 5.60 Å². The lowest BCUT2D eigenvalue weighted by molar-refractivity contribution is -0.0319. The molecule has 0 bridgehead atoms. The molecule has 0 aromatic heterocycles. The third-order valence-electron chi connectivity index (χ3n) is 3.74. The molecular formula is C13H18Br2N2O3S. The van der Waals surface area contributed by atoms with Crippen molar-refractivity contribution in [1.29, 1.82) is 0 Å². The maximum absolute atomic E-state index is 12.9. The van der Waals surface area contributed by atoms with E-state index in [9.17, 15) is 8.42 Å². The van der Waals surface area contributed by atoms with Crippen LogP contribution in [0.25, 0.3) is 0 Å². The first-order valence-electron chi connectivity index (χ1n) is 6.49. The molecule has 118 valence electrons. The number of anilines is 1. The number of benzene rings is 1. The Morgan fingerprint density at radius 1 is 1.33 bits per heavy atom. The zero-order valence-corrected chi connectivity index (χ0v) is 15.9. The number of ether oxygens (including phenoxy) is 1. The minimum atomic E-state index is -3.62. The summed E-state index contributed by atoms with van der Waals surface area (Å²) >= 11 is 6.60. The lowest BCUT2D eigenvalue weighted by Crippen LogP contribution is -2.49. The molecule has 0 saturated carbocycles. The number of rotatable bonds is 3. The minimum Gasteiger partial charge on any atom is -0.399 e. The summed E-state index contributed by atoms with van der Waals surface area (Å²) in [6.07, 6.45) is 1.62. The van der Waals surface area contributed by atoms with Crippen molar-refractivity contribution in [3.05, 3.63) is 21.1 Å². The molecular weight excluding hydrogens is 424 g/mol. The molecule has 2 N–H and O–H groups in total. The van der Waals surface area contributed by atoms with Gasteiger partial charge in [-0.15, -0.1) is 0 Å². The normalized spacial score (nSPS) is 24.2. The summed E-state index contributed by atoms with van der Waals surface area (Å²) in [6.45, 7) is 2.77. The highest BCUT2D eigenvalue weighted by Gasteiger charge is 2.38. The second kappa shape index (κ2) is 6.16. The van der Waals surface area contributed by atoms with E-state index in [1.54, 1.807) is 19.2 Å². The van der Waals surface area contributed by atoms with Crippen molar-refractivity contribution in [2.24, 2.45) is 0 Å². The van der Waals surface area contributed by atoms with Crippen LogP contribution in [0.3, 0.4) is 0 Å². The highest BCUT2D eigenvalue weighted by Crippen LogP contribution is 2.36. The van der Waals surface area contributed by atoms with Gasteiger partial charge < -0.3 is 10.5 Å². The topological polar surface area (TPSA) is 72.6 Å². The van der Waals surface area contributed by atoms with E-state index in [1.807, 2.05) is 6.92 Å². The first-order chi connectivity index (χ1) is 9.69. The minimum absolute atomic E-state index is 0.206. The summed E-state index contributed by atoms with van der Waals surface area (Å²) in [5.74, 6) is 0. The van der Waals surface area contributed by atoms with Crippen molar-refractivity contribution in [1.82, 2.24) is 4.31 Å². The fourth-order valence-corrected chi connectivity index (χ4v) is 6.62. The van der Waals surface area contributed by atoms with Crippen LogP contribution in [-0.2, 0) is 14.8 Å². The predicted molar refractivity (Wildman–Crippen MR) is 89.7 cm³/mol. The van der Waals surface area contributed by atoms with Crippen molar-refractivity contribution in [3.63, 3.8) is 0 Å². The Hall–Kier alpha value is -0.150. The third-order valence-corrected chi connectivity index (χ3v) is 7.46. The average Bonchev–Trinajstić information content (AvgIpc) is 2.37. The molecule has 0 spiro atoms. The summed E-state index contributed by atoms with van der Waals surface area (Å²) in [4.78, 5) is 0.206. The Labute approximate surface area is 142 Å². The lowest BCUT2D eigenvalue weighted by Gasteiger charge is -2.38. The second-order valence-corrected chi connectivity index (χ2v) is 8.99. The monoisotopic (exact) mass is 440 g/mol. The number of sulfonamides is 1. The molecule has 0 amide bonds. The molecule has 1 heterocycles. The van der Waals surface area contributed by atoms with Gasteiger partial charge in [-0.3, -0.25) is 0 Å². The molecule has 1 atom stereocenters. The molecule has 1 unspecified atom stereocenters. The maximum Gasteiger partial charge on any atom is 0.245 e. The van der Waals surface area contributed by atoms with Crippen molar-refractivity contribution < 1.29 is 13.2 Å². The number of piperidine rings is 1. The number of nitrogens with zero attached hydrogens (tertiary/aromatic N) is 1. The Bertz CT molecular complexity index is 628. The number of nitrogens with two attached hydrogens (primary N) is 1. The highest BCUT2D eigenvalue weighted by molar-refractivity contribution is 9.11. The van der Waals surface area contributed by atoms with Gasteiger partial charge in [0.2, 0.25) is 10.0 Å². The fraction of sp³-hybridized carbons (Fsp3) is 0.538. The van der Waals surface area contributed by atoms with Crippen LogP contribution >= 0.6 is 31.9 Å². The van der Waals surface area contributed by atoms with Crippen LogP contribution in [0, 0.1) is 0 Å². The largest absolute Gasteiger partial charge is 0.399 e. The van der Waals surface area contributed by atoms with Crippen LogP contribution in [0.1, 0.15) is 19.8 Å². The molecule has 1 fully saturated rings. The molecule has 1 aliphatic rings. The van der Waals surface area contributed by atoms with Crippen molar-refractivity contribution in [2.45, 2.75) is 30.3 Å². The lowest BCUT2D eigenvalue weighted by atomic mass is 9.96. The van der Waals surface area contributed by atoms with E-state index in [-0.39, 0.29) is 4.90 Å². The number of halogens is 2. The number of hydrogen-bond acceptors (Lipinski definition) is 4. The number of hydrogen-bond donors (Lipinski definition) is 1. The summed E-state index contributed by atoms with van der Waals surface area (Å²) < 4.78 is 33.7. The van der Waals surface area contributed by atoms with Gasteiger partial charge >= 0.3 is 0 Å². The van der Waals surface area contributed by atoms with Crippen molar-refractivity contribution in [2.75, 3.05) is 25.9 Å². The number of nitrogen functional groups attached to an aromatic ring is 1. The predicted octanol–water partition coefficient (Wildman–Crippen LogP) is 2.98. The Morgan fingerprint density at radius 3 is 2.43 bits per heavy atom. The fourth-order valence-electron chi connectivity index (χ4n) is 2.49. The van der Waals surface area contributed by atoms with E-state index in [0.717, 1.165) is 12.8 Å². The number of methoxy groups -OCH3 is 1. The smallest absolute Gasteiger partial charge is 0.245 e. The molecule has 1 aliphatic heterocycles. The van der Waals surface area contributed by atoms with E-state index in [1.165, 1.54) is 4.31 Å². The summed E-state index contributed by atoms with van der Waals surface area (Å²) in [7, 11) is -2.00. The van der Waals surface area contributed by atoms with E-state index in [4.69, 9.17) is 10.5 Å². The van der Waals surface area contributed by atoms with Gasteiger partial charge in [-0.05, 0) is 63.8 Å². The Balaban J connectivity index is 2.43. The highest BCUT2D eigenvalue weighted by atomic mass is 79.9. The first-order valence-corrected chi connectivity index (χ1v) is 9.52. The van der Waals surface area contributed by atoms with Crippen LogP contribution in [0.15, 0.2) is 26.0 Å². The van der Waals surface area contributed by atoms with Gasteiger partial charge in [0.15, 0.2) is 0 Å². The van der Waals surface area contributed by atoms with Crippen molar-refractivity contribution >= 4 is 47.6 Å². The SMILES string of the molecule is COC1(C)CCCN(S(=O)(=O)c2c(Br)cc(N)cc2Br)C1. The van der Waals surface area contributed by atoms with Crippen LogP contribution in [0.4, 0.5) is 5.69 Å². The standard InChI is InChI=1S/C13H18Br2N2O3S/c1-13(20-2)4-3-5-17(8-13)21(18,19)12-10(14)6-9(16)7-11(12)15/h6-7H,3-5,8,16H2,1-2H3. The van der Waals surface area contributed by atoms with Gasteiger partial charge in [-0.25, -0.2) is 8.42 Å². The summed E-state index contributed by atoms with van der Waals surface area (Å²) in [6, 6.07) is 3.19. The molecule has 1 saturated heterocycles. The van der Waals surface area contributed by atoms with E-state index in [0.29, 0.717) is 27.7 Å². The molecule has 1 aromatic rings. The average molecular weight is 442 g/mol. The quantitative estimate of drug-likeness (QED) is 0.731. The maximum atomic E-state index is 12.9. The molecule has 1 aromatic carbocycles. The van der Waals surface area contributed by atoms with E-state index >= 15 is 0 Å². The molecule has 5 nitrogen and oxygen atoms in total. The Morgan fingerprint density at radius 2 is 1.90 bits per heavy atom. The Kier molecular flexibility index (Phi) is 5.04. The van der Waals surface area contributed by atoms with Crippen molar-refractivity contribution in [3.8, 4) is 0 Å². The van der Waals surface area contributed by atoms with E-state index in [2.05, 4.69) is 31.9 Å². The van der Waals surface area contributed by atoms with Crippen LogP contribution in [-0.4, -0.2) is 38.5 Å². The van der Waals surface area contributed by atoms with Gasteiger partial charge in [-0.1, -0.05) is 0 Å². The molecule has 0 aliphatic carbocycles. The summed E-state index contributed by atoms with van der Waals surface area (Å²) in [5, 5.41) is 0. The summed E-state index contributed by atoms with van der Waals surface area (Å²) in [5.41, 5.74) is 5.77. The third kappa shape index (κ3) is 3.44. The van der Waals surface area contributed by atoms with Crippen LogP contribution < -0.4 is 5.73 Å². The zero-order chi connectivity index (χ0) is 15.8. The molecule has 8 heteroatoms. The van der Waals surface area contributed by atoms with Gasteiger partial charge in [0.25, 0.3) is 0 Å². The van der Waals surface area contributed by atoms with Gasteiger partial charge in [0, 0.05) is 34.8 Å². The molecule has 0 radical (unpaired) electrons.